The van der Waals surface area contributed by atoms with Crippen LogP contribution < -0.4 is 10.6 Å². The normalized spacial score (nSPS) is 13.4. The zero-order valence-electron chi connectivity index (χ0n) is 19.5. The van der Waals surface area contributed by atoms with Gasteiger partial charge in [0.25, 0.3) is 5.91 Å². The van der Waals surface area contributed by atoms with Crippen molar-refractivity contribution in [3.8, 4) is 22.5 Å². The van der Waals surface area contributed by atoms with Gasteiger partial charge in [-0.3, -0.25) is 9.20 Å². The molecule has 0 bridgehead atoms. The zero-order valence-corrected chi connectivity index (χ0v) is 19.5. The summed E-state index contributed by atoms with van der Waals surface area (Å²) in [5.74, 6) is 1.11. The predicted octanol–water partition coefficient (Wildman–Crippen LogP) is 4.52. The number of anilines is 1. The predicted molar refractivity (Wildman–Crippen MR) is 134 cm³/mol. The molecule has 0 unspecified atom stereocenters. The fourth-order valence-electron chi connectivity index (χ4n) is 3.95. The quantitative estimate of drug-likeness (QED) is 0.363. The maximum Gasteiger partial charge on any atom is 0.251 e. The second-order valence-electron chi connectivity index (χ2n) is 9.23. The van der Waals surface area contributed by atoms with Gasteiger partial charge in [-0.1, -0.05) is 50.2 Å². The first-order valence-electron chi connectivity index (χ1n) is 11.8. The lowest BCUT2D eigenvalue weighted by Gasteiger charge is -2.14. The van der Waals surface area contributed by atoms with Crippen LogP contribution in [-0.4, -0.2) is 38.0 Å². The summed E-state index contributed by atoms with van der Waals surface area (Å²) in [4.78, 5) is 21.9. The highest BCUT2D eigenvalue weighted by Crippen LogP contribution is 2.30. The molecule has 3 N–H and O–H groups in total. The molecule has 34 heavy (non-hydrogen) atoms. The first-order chi connectivity index (χ1) is 16.5. The van der Waals surface area contributed by atoms with Crippen molar-refractivity contribution in [3.05, 3.63) is 72.1 Å². The Hall–Kier alpha value is -3.71. The van der Waals surface area contributed by atoms with Crippen LogP contribution in [0.25, 0.3) is 28.2 Å². The molecule has 4 aromatic rings. The van der Waals surface area contributed by atoms with Gasteiger partial charge in [0.2, 0.25) is 0 Å². The number of hydrogen-bond acceptors (Lipinski definition) is 5. The van der Waals surface area contributed by atoms with Gasteiger partial charge in [0.05, 0.1) is 24.2 Å². The second-order valence-corrected chi connectivity index (χ2v) is 9.23. The maximum atomic E-state index is 12.4. The molecule has 0 atom stereocenters. The molecule has 5 rings (SSSR count). The van der Waals surface area contributed by atoms with Gasteiger partial charge in [-0.05, 0) is 36.5 Å². The summed E-state index contributed by atoms with van der Waals surface area (Å²) in [5.41, 5.74) is 5.70. The van der Waals surface area contributed by atoms with Crippen LogP contribution in [0.3, 0.4) is 0 Å². The van der Waals surface area contributed by atoms with E-state index in [2.05, 4.69) is 29.5 Å². The Labute approximate surface area is 198 Å². The number of nitrogens with one attached hydrogen (secondary N) is 2. The van der Waals surface area contributed by atoms with Gasteiger partial charge in [-0.2, -0.15) is 0 Å². The average Bonchev–Trinajstić information content (AvgIpc) is 3.57. The number of nitrogens with zero attached hydrogens (tertiary/aromatic N) is 3. The van der Waals surface area contributed by atoms with Crippen LogP contribution >= 0.6 is 0 Å². The molecule has 1 aliphatic carbocycles. The molecule has 0 saturated heterocycles. The third-order valence-corrected chi connectivity index (χ3v) is 5.99. The Balaban J connectivity index is 1.57. The highest BCUT2D eigenvalue weighted by molar-refractivity contribution is 5.95. The Morgan fingerprint density at radius 3 is 2.62 bits per heavy atom. The lowest BCUT2D eigenvalue weighted by molar-refractivity contribution is 0.0951. The lowest BCUT2D eigenvalue weighted by atomic mass is 10.1. The van der Waals surface area contributed by atoms with Crippen molar-refractivity contribution in [3.63, 3.8) is 0 Å². The number of imidazole rings is 1. The monoisotopic (exact) mass is 455 g/mol. The molecule has 1 fully saturated rings. The van der Waals surface area contributed by atoms with Crippen molar-refractivity contribution in [2.24, 2.45) is 5.92 Å². The van der Waals surface area contributed by atoms with Gasteiger partial charge in [0.15, 0.2) is 11.5 Å². The van der Waals surface area contributed by atoms with E-state index in [1.165, 1.54) is 0 Å². The first-order valence-corrected chi connectivity index (χ1v) is 11.8. The van der Waals surface area contributed by atoms with Gasteiger partial charge in [-0.15, -0.1) is 0 Å². The van der Waals surface area contributed by atoms with Crippen molar-refractivity contribution in [2.45, 2.75) is 39.3 Å². The van der Waals surface area contributed by atoms with E-state index in [0.717, 1.165) is 53.1 Å². The summed E-state index contributed by atoms with van der Waals surface area (Å²) in [6, 6.07) is 15.7. The van der Waals surface area contributed by atoms with Crippen molar-refractivity contribution >= 4 is 17.4 Å². The SMILES string of the molecule is CC(C)CNc1nc(-c2ccccc2CO)cn2c(-c3ccc(C(=O)NC4CC4)cc3)cnc12. The number of rotatable bonds is 8. The number of aliphatic hydroxyl groups excluding tert-OH is 1. The third-order valence-electron chi connectivity index (χ3n) is 5.99. The molecule has 1 amide bonds. The molecule has 0 spiro atoms. The summed E-state index contributed by atoms with van der Waals surface area (Å²) in [5, 5.41) is 16.3. The Morgan fingerprint density at radius 1 is 1.15 bits per heavy atom. The van der Waals surface area contributed by atoms with Gasteiger partial charge >= 0.3 is 0 Å². The molecule has 174 valence electrons. The second kappa shape index (κ2) is 9.27. The van der Waals surface area contributed by atoms with Crippen LogP contribution in [0.15, 0.2) is 60.9 Å². The number of aliphatic hydroxyl groups is 1. The molecule has 7 nitrogen and oxygen atoms in total. The minimum Gasteiger partial charge on any atom is -0.392 e. The smallest absolute Gasteiger partial charge is 0.251 e. The summed E-state index contributed by atoms with van der Waals surface area (Å²) in [6.07, 6.45) is 5.92. The van der Waals surface area contributed by atoms with Crippen LogP contribution in [0.2, 0.25) is 0 Å². The fourth-order valence-corrected chi connectivity index (χ4v) is 3.95. The summed E-state index contributed by atoms with van der Waals surface area (Å²) >= 11 is 0. The zero-order chi connectivity index (χ0) is 23.7. The molecular weight excluding hydrogens is 426 g/mol. The van der Waals surface area contributed by atoms with Crippen LogP contribution in [0.1, 0.15) is 42.6 Å². The Kier molecular flexibility index (Phi) is 6.02. The van der Waals surface area contributed by atoms with Gasteiger partial charge < -0.3 is 15.7 Å². The van der Waals surface area contributed by atoms with E-state index in [4.69, 9.17) is 4.98 Å². The number of aromatic nitrogens is 3. The van der Waals surface area contributed by atoms with Crippen molar-refractivity contribution < 1.29 is 9.90 Å². The van der Waals surface area contributed by atoms with Crippen molar-refractivity contribution in [2.75, 3.05) is 11.9 Å². The topological polar surface area (TPSA) is 91.5 Å². The minimum atomic E-state index is -0.0637. The maximum absolute atomic E-state index is 12.4. The standard InChI is InChI=1S/C27H29N5O2/c1-17(2)13-28-25-26-29-14-24(18-7-9-19(10-8-18)27(34)30-21-11-12-21)32(26)15-23(31-25)22-6-4-3-5-20(22)16-33/h3-10,14-15,17,21,33H,11-13,16H2,1-2H3,(H,28,31)(H,30,34). The van der Waals surface area contributed by atoms with E-state index >= 15 is 0 Å². The number of carbonyl (C=O) groups is 1. The van der Waals surface area contributed by atoms with Crippen LogP contribution in [0.4, 0.5) is 5.82 Å². The third kappa shape index (κ3) is 4.52. The van der Waals surface area contributed by atoms with Crippen LogP contribution in [0.5, 0.6) is 0 Å². The fraction of sp³-hybridized carbons (Fsp3) is 0.296. The molecule has 2 aromatic carbocycles. The average molecular weight is 456 g/mol. The molecule has 0 radical (unpaired) electrons. The van der Waals surface area contributed by atoms with Crippen molar-refractivity contribution in [1.29, 1.82) is 0 Å². The van der Waals surface area contributed by atoms with E-state index in [0.29, 0.717) is 23.3 Å². The number of carbonyl (C=O) groups excluding carboxylic acids is 1. The highest BCUT2D eigenvalue weighted by atomic mass is 16.3. The van der Waals surface area contributed by atoms with E-state index < -0.39 is 0 Å². The van der Waals surface area contributed by atoms with Crippen LogP contribution in [0, 0.1) is 5.92 Å². The summed E-state index contributed by atoms with van der Waals surface area (Å²) in [6.45, 7) is 4.99. The van der Waals surface area contributed by atoms with Gasteiger partial charge in [0, 0.05) is 35.5 Å². The number of hydrogen-bond donors (Lipinski definition) is 3. The first kappa shape index (κ1) is 22.1. The lowest BCUT2D eigenvalue weighted by Crippen LogP contribution is -2.25. The van der Waals surface area contributed by atoms with E-state index in [-0.39, 0.29) is 12.5 Å². The minimum absolute atomic E-state index is 0.0283. The number of amides is 1. The summed E-state index contributed by atoms with van der Waals surface area (Å²) < 4.78 is 2.03. The number of benzene rings is 2. The summed E-state index contributed by atoms with van der Waals surface area (Å²) in [7, 11) is 0. The molecule has 2 aromatic heterocycles. The largest absolute Gasteiger partial charge is 0.392 e. The molecule has 2 heterocycles. The highest BCUT2D eigenvalue weighted by Gasteiger charge is 2.24. The number of fused-ring (bicyclic) bond motifs is 1. The van der Waals surface area contributed by atoms with E-state index in [9.17, 15) is 9.90 Å². The van der Waals surface area contributed by atoms with Crippen molar-refractivity contribution in [1.82, 2.24) is 19.7 Å². The molecule has 7 heteroatoms. The van der Waals surface area contributed by atoms with E-state index in [1.54, 1.807) is 0 Å². The van der Waals surface area contributed by atoms with Gasteiger partial charge in [0.1, 0.15) is 0 Å². The van der Waals surface area contributed by atoms with E-state index in [1.807, 2.05) is 65.3 Å². The van der Waals surface area contributed by atoms with Crippen LogP contribution in [-0.2, 0) is 6.61 Å². The molecule has 0 aliphatic heterocycles. The molecule has 1 saturated carbocycles. The Bertz CT molecular complexity index is 1320. The molecular formula is C27H29N5O2. The van der Waals surface area contributed by atoms with Gasteiger partial charge in [-0.25, -0.2) is 9.97 Å². The Morgan fingerprint density at radius 2 is 1.91 bits per heavy atom. The molecule has 1 aliphatic rings.